The lowest BCUT2D eigenvalue weighted by Crippen LogP contribution is -2.45. The van der Waals surface area contributed by atoms with Crippen LogP contribution in [0, 0.1) is 5.92 Å². The Bertz CT molecular complexity index is 585. The first-order valence-corrected chi connectivity index (χ1v) is 8.63. The second-order valence-corrected chi connectivity index (χ2v) is 7.47. The molecule has 1 aromatic heterocycles. The van der Waals surface area contributed by atoms with Gasteiger partial charge in [-0.05, 0) is 37.1 Å². The Morgan fingerprint density at radius 1 is 1.43 bits per heavy atom. The van der Waals surface area contributed by atoms with E-state index in [-0.39, 0.29) is 18.4 Å². The third-order valence-electron chi connectivity index (χ3n) is 3.91. The molecule has 1 fully saturated rings. The molecule has 6 nitrogen and oxygen atoms in total. The van der Waals surface area contributed by atoms with Crippen molar-refractivity contribution >= 4 is 29.2 Å². The molecule has 2 rings (SSSR count). The maximum absolute atomic E-state index is 12.5. The molecule has 0 bridgehead atoms. The second-order valence-electron chi connectivity index (χ2n) is 6.44. The number of hydrogen-bond acceptors (Lipinski definition) is 4. The lowest BCUT2D eigenvalue weighted by atomic mass is 9.92. The highest BCUT2D eigenvalue weighted by Crippen LogP contribution is 2.24. The molecule has 126 valence electrons. The highest BCUT2D eigenvalue weighted by atomic mass is 32.1. The molecule has 0 aliphatic carbocycles. The standard InChI is InChI=1S/C16H23N3O3S/c1-11(2)6-7-16(3)14(21)19(15(22)18-16)10-13(20)17-9-12-5-4-8-23-12/h4-5,8,11H,6-7,9-10H2,1-3H3,(H,17,20)(H,18,22). The van der Waals surface area contributed by atoms with Gasteiger partial charge in [0.25, 0.3) is 5.91 Å². The predicted octanol–water partition coefficient (Wildman–Crippen LogP) is 2.11. The third kappa shape index (κ3) is 4.31. The minimum absolute atomic E-state index is 0.243. The van der Waals surface area contributed by atoms with Gasteiger partial charge in [0.05, 0.1) is 6.54 Å². The van der Waals surface area contributed by atoms with Crippen LogP contribution >= 0.6 is 11.3 Å². The van der Waals surface area contributed by atoms with Crippen molar-refractivity contribution in [2.45, 2.75) is 45.7 Å². The zero-order chi connectivity index (χ0) is 17.0. The van der Waals surface area contributed by atoms with Crippen molar-refractivity contribution in [3.63, 3.8) is 0 Å². The molecule has 1 aliphatic rings. The van der Waals surface area contributed by atoms with E-state index in [0.717, 1.165) is 16.2 Å². The van der Waals surface area contributed by atoms with E-state index < -0.39 is 11.6 Å². The fraction of sp³-hybridized carbons (Fsp3) is 0.562. The van der Waals surface area contributed by atoms with Gasteiger partial charge in [0.2, 0.25) is 5.91 Å². The van der Waals surface area contributed by atoms with Crippen LogP contribution in [0.25, 0.3) is 0 Å². The molecule has 2 N–H and O–H groups in total. The summed E-state index contributed by atoms with van der Waals surface area (Å²) in [5.74, 6) is -0.218. The quantitative estimate of drug-likeness (QED) is 0.748. The van der Waals surface area contributed by atoms with Gasteiger partial charge in [0.1, 0.15) is 12.1 Å². The molecular weight excluding hydrogens is 314 g/mol. The van der Waals surface area contributed by atoms with Gasteiger partial charge in [-0.25, -0.2) is 4.79 Å². The molecule has 1 unspecified atom stereocenters. The van der Waals surface area contributed by atoms with Gasteiger partial charge >= 0.3 is 6.03 Å². The monoisotopic (exact) mass is 337 g/mol. The molecule has 0 spiro atoms. The Morgan fingerprint density at radius 3 is 2.78 bits per heavy atom. The summed E-state index contributed by atoms with van der Waals surface area (Å²) in [7, 11) is 0. The zero-order valence-electron chi connectivity index (χ0n) is 13.7. The largest absolute Gasteiger partial charge is 0.350 e. The van der Waals surface area contributed by atoms with Crippen molar-refractivity contribution in [3.8, 4) is 0 Å². The van der Waals surface area contributed by atoms with Gasteiger partial charge < -0.3 is 10.6 Å². The summed E-state index contributed by atoms with van der Waals surface area (Å²) in [5.41, 5.74) is -0.907. The van der Waals surface area contributed by atoms with Crippen LogP contribution in [-0.4, -0.2) is 34.8 Å². The summed E-state index contributed by atoms with van der Waals surface area (Å²) in [6.45, 7) is 6.03. The smallest absolute Gasteiger partial charge is 0.325 e. The number of nitrogens with zero attached hydrogens (tertiary/aromatic N) is 1. The van der Waals surface area contributed by atoms with Crippen LogP contribution in [0.5, 0.6) is 0 Å². The molecule has 23 heavy (non-hydrogen) atoms. The van der Waals surface area contributed by atoms with Gasteiger partial charge in [-0.2, -0.15) is 0 Å². The van der Waals surface area contributed by atoms with Crippen LogP contribution in [0.2, 0.25) is 0 Å². The summed E-state index contributed by atoms with van der Waals surface area (Å²) >= 11 is 1.54. The minimum atomic E-state index is -0.907. The summed E-state index contributed by atoms with van der Waals surface area (Å²) in [6, 6.07) is 3.33. The number of carbonyl (C=O) groups excluding carboxylic acids is 3. The summed E-state index contributed by atoms with van der Waals surface area (Å²) in [6.07, 6.45) is 1.41. The Morgan fingerprint density at radius 2 is 2.17 bits per heavy atom. The maximum Gasteiger partial charge on any atom is 0.325 e. The highest BCUT2D eigenvalue weighted by molar-refractivity contribution is 7.09. The van der Waals surface area contributed by atoms with Crippen molar-refractivity contribution in [3.05, 3.63) is 22.4 Å². The summed E-state index contributed by atoms with van der Waals surface area (Å²) in [4.78, 5) is 38.5. The Hall–Kier alpha value is -1.89. The van der Waals surface area contributed by atoms with E-state index >= 15 is 0 Å². The van der Waals surface area contributed by atoms with E-state index in [1.807, 2.05) is 17.5 Å². The number of imide groups is 1. The fourth-order valence-electron chi connectivity index (χ4n) is 2.44. The Balaban J connectivity index is 1.90. The van der Waals surface area contributed by atoms with Crippen LogP contribution < -0.4 is 10.6 Å². The third-order valence-corrected chi connectivity index (χ3v) is 4.78. The van der Waals surface area contributed by atoms with Crippen LogP contribution in [0.15, 0.2) is 17.5 Å². The molecule has 0 radical (unpaired) electrons. The van der Waals surface area contributed by atoms with E-state index in [9.17, 15) is 14.4 Å². The second kappa shape index (κ2) is 7.12. The summed E-state index contributed by atoms with van der Waals surface area (Å²) < 4.78 is 0. The molecular formula is C16H23N3O3S. The van der Waals surface area contributed by atoms with Crippen molar-refractivity contribution in [2.24, 2.45) is 5.92 Å². The molecule has 0 aromatic carbocycles. The topological polar surface area (TPSA) is 78.5 Å². The van der Waals surface area contributed by atoms with Gasteiger partial charge in [-0.3, -0.25) is 14.5 Å². The summed E-state index contributed by atoms with van der Waals surface area (Å²) in [5, 5.41) is 7.38. The SMILES string of the molecule is CC(C)CCC1(C)NC(=O)N(CC(=O)NCc2cccs2)C1=O. The van der Waals surface area contributed by atoms with Crippen LogP contribution in [0.1, 0.15) is 38.5 Å². The van der Waals surface area contributed by atoms with E-state index in [1.165, 1.54) is 0 Å². The molecule has 4 amide bonds. The first-order valence-electron chi connectivity index (χ1n) is 7.75. The number of thiophene rings is 1. The molecule has 1 atom stereocenters. The first-order chi connectivity index (χ1) is 10.8. The number of carbonyl (C=O) groups is 3. The van der Waals surface area contributed by atoms with Gasteiger partial charge in [0, 0.05) is 4.88 Å². The van der Waals surface area contributed by atoms with Gasteiger partial charge in [-0.1, -0.05) is 19.9 Å². The molecule has 2 heterocycles. The Labute approximate surface area is 140 Å². The molecule has 0 saturated carbocycles. The molecule has 1 aliphatic heterocycles. The van der Waals surface area contributed by atoms with E-state index in [1.54, 1.807) is 18.3 Å². The van der Waals surface area contributed by atoms with Crippen LogP contribution in [0.4, 0.5) is 4.79 Å². The molecule has 7 heteroatoms. The lowest BCUT2D eigenvalue weighted by molar-refractivity contribution is -0.134. The number of rotatable bonds is 7. The number of amides is 4. The predicted molar refractivity (Wildman–Crippen MR) is 88.9 cm³/mol. The van der Waals surface area contributed by atoms with E-state index in [0.29, 0.717) is 18.9 Å². The van der Waals surface area contributed by atoms with E-state index in [4.69, 9.17) is 0 Å². The van der Waals surface area contributed by atoms with Crippen molar-refractivity contribution in [1.29, 1.82) is 0 Å². The average Bonchev–Trinajstić information content (AvgIpc) is 3.07. The molecule has 1 aromatic rings. The van der Waals surface area contributed by atoms with Gasteiger partial charge in [-0.15, -0.1) is 11.3 Å². The van der Waals surface area contributed by atoms with E-state index in [2.05, 4.69) is 24.5 Å². The number of hydrogen-bond donors (Lipinski definition) is 2. The van der Waals surface area contributed by atoms with Crippen molar-refractivity contribution in [2.75, 3.05) is 6.54 Å². The lowest BCUT2D eigenvalue weighted by Gasteiger charge is -2.22. The highest BCUT2D eigenvalue weighted by Gasteiger charge is 2.47. The first kappa shape index (κ1) is 17.5. The fourth-order valence-corrected chi connectivity index (χ4v) is 3.08. The number of nitrogens with one attached hydrogen (secondary N) is 2. The van der Waals surface area contributed by atoms with Crippen LogP contribution in [0.3, 0.4) is 0 Å². The number of urea groups is 1. The Kier molecular flexibility index (Phi) is 5.41. The molecule has 1 saturated heterocycles. The van der Waals surface area contributed by atoms with Crippen molar-refractivity contribution < 1.29 is 14.4 Å². The normalized spacial score (nSPS) is 21.0. The minimum Gasteiger partial charge on any atom is -0.350 e. The maximum atomic E-state index is 12.5. The zero-order valence-corrected chi connectivity index (χ0v) is 14.5. The van der Waals surface area contributed by atoms with Crippen LogP contribution in [-0.2, 0) is 16.1 Å². The average molecular weight is 337 g/mol. The van der Waals surface area contributed by atoms with Crippen molar-refractivity contribution in [1.82, 2.24) is 15.5 Å². The van der Waals surface area contributed by atoms with Gasteiger partial charge in [0.15, 0.2) is 0 Å².